The monoisotopic (exact) mass is 366 g/mol. The molecule has 0 aromatic heterocycles. The zero-order valence-corrected chi connectivity index (χ0v) is 16.2. The van der Waals surface area contributed by atoms with Gasteiger partial charge in [-0.05, 0) is 58.1 Å². The van der Waals surface area contributed by atoms with E-state index in [4.69, 9.17) is 9.31 Å². The molecule has 0 atom stereocenters. The maximum atomic E-state index is 12.1. The van der Waals surface area contributed by atoms with Crippen molar-refractivity contribution in [2.24, 2.45) is 0 Å². The molecular formula is C17H27BN2O4S. The van der Waals surface area contributed by atoms with Crippen LogP contribution in [0.4, 0.5) is 5.69 Å². The molecule has 1 aromatic carbocycles. The lowest BCUT2D eigenvalue weighted by Crippen LogP contribution is -2.41. The van der Waals surface area contributed by atoms with Crippen LogP contribution in [0, 0.1) is 0 Å². The molecular weight excluding hydrogens is 339 g/mol. The first-order chi connectivity index (χ1) is 11.6. The molecule has 2 aliphatic rings. The van der Waals surface area contributed by atoms with Gasteiger partial charge in [0.2, 0.25) is 10.0 Å². The smallest absolute Gasteiger partial charge is 0.399 e. The molecule has 1 aliphatic carbocycles. The fourth-order valence-corrected chi connectivity index (χ4v) is 3.59. The second-order valence-corrected chi connectivity index (χ2v) is 9.70. The molecule has 138 valence electrons. The van der Waals surface area contributed by atoms with Crippen LogP contribution in [-0.2, 0) is 19.3 Å². The first-order valence-electron chi connectivity index (χ1n) is 8.77. The summed E-state index contributed by atoms with van der Waals surface area (Å²) in [7, 11) is -3.79. The van der Waals surface area contributed by atoms with Gasteiger partial charge in [0, 0.05) is 18.3 Å². The van der Waals surface area contributed by atoms with Crippen molar-refractivity contribution < 1.29 is 17.7 Å². The Kier molecular flexibility index (Phi) is 4.92. The molecule has 1 aliphatic heterocycles. The van der Waals surface area contributed by atoms with Crippen LogP contribution in [0.25, 0.3) is 0 Å². The molecule has 1 saturated heterocycles. The Morgan fingerprint density at radius 1 is 1.08 bits per heavy atom. The zero-order chi connectivity index (χ0) is 18.3. The SMILES string of the molecule is CC1(C)OB(c2ccc(NS(=O)(=O)CCNC3CC3)cc2)OC1(C)C. The maximum Gasteiger partial charge on any atom is 0.494 e. The van der Waals surface area contributed by atoms with Crippen molar-refractivity contribution in [3.05, 3.63) is 24.3 Å². The highest BCUT2D eigenvalue weighted by atomic mass is 32.2. The lowest BCUT2D eigenvalue weighted by Gasteiger charge is -2.32. The molecule has 0 radical (unpaired) electrons. The molecule has 0 bridgehead atoms. The van der Waals surface area contributed by atoms with Crippen LogP contribution in [0.5, 0.6) is 0 Å². The quantitative estimate of drug-likeness (QED) is 0.715. The third-order valence-electron chi connectivity index (χ3n) is 5.09. The van der Waals surface area contributed by atoms with Crippen molar-refractivity contribution in [2.75, 3.05) is 17.0 Å². The number of hydrogen-bond donors (Lipinski definition) is 2. The van der Waals surface area contributed by atoms with Gasteiger partial charge in [-0.15, -0.1) is 0 Å². The van der Waals surface area contributed by atoms with Crippen LogP contribution in [0.2, 0.25) is 0 Å². The van der Waals surface area contributed by atoms with Gasteiger partial charge in [0.1, 0.15) is 0 Å². The van der Waals surface area contributed by atoms with Crippen LogP contribution in [0.15, 0.2) is 24.3 Å². The summed E-state index contributed by atoms with van der Waals surface area (Å²) in [4.78, 5) is 0. The molecule has 6 nitrogen and oxygen atoms in total. The molecule has 3 rings (SSSR count). The van der Waals surface area contributed by atoms with Gasteiger partial charge in [0.25, 0.3) is 0 Å². The molecule has 1 heterocycles. The summed E-state index contributed by atoms with van der Waals surface area (Å²) in [6.07, 6.45) is 2.29. The van der Waals surface area contributed by atoms with Crippen LogP contribution in [0.1, 0.15) is 40.5 Å². The molecule has 2 fully saturated rings. The minimum atomic E-state index is -3.35. The van der Waals surface area contributed by atoms with Gasteiger partial charge >= 0.3 is 7.12 Å². The second kappa shape index (κ2) is 6.57. The maximum absolute atomic E-state index is 12.1. The predicted octanol–water partition coefficient (Wildman–Crippen LogP) is 1.48. The van der Waals surface area contributed by atoms with E-state index < -0.39 is 28.3 Å². The number of anilines is 1. The van der Waals surface area contributed by atoms with E-state index in [1.807, 2.05) is 39.8 Å². The summed E-state index contributed by atoms with van der Waals surface area (Å²) < 4.78 is 38.8. The Morgan fingerprint density at radius 3 is 2.16 bits per heavy atom. The van der Waals surface area contributed by atoms with E-state index in [1.54, 1.807) is 12.1 Å². The van der Waals surface area contributed by atoms with Crippen molar-refractivity contribution in [3.63, 3.8) is 0 Å². The Balaban J connectivity index is 1.58. The molecule has 0 spiro atoms. The third kappa shape index (κ3) is 4.55. The molecule has 8 heteroatoms. The van der Waals surface area contributed by atoms with E-state index in [1.165, 1.54) is 0 Å². The van der Waals surface area contributed by atoms with Crippen LogP contribution in [0.3, 0.4) is 0 Å². The minimum absolute atomic E-state index is 0.0719. The van der Waals surface area contributed by atoms with E-state index in [0.29, 0.717) is 18.3 Å². The van der Waals surface area contributed by atoms with Crippen LogP contribution >= 0.6 is 0 Å². The van der Waals surface area contributed by atoms with Gasteiger partial charge in [0.15, 0.2) is 0 Å². The Hall–Kier alpha value is -1.09. The average molecular weight is 366 g/mol. The summed E-state index contributed by atoms with van der Waals surface area (Å²) in [6.45, 7) is 8.50. The summed E-state index contributed by atoms with van der Waals surface area (Å²) in [5, 5.41) is 3.21. The highest BCUT2D eigenvalue weighted by Gasteiger charge is 2.51. The summed E-state index contributed by atoms with van der Waals surface area (Å²) in [6, 6.07) is 7.66. The van der Waals surface area contributed by atoms with E-state index in [9.17, 15) is 8.42 Å². The lowest BCUT2D eigenvalue weighted by molar-refractivity contribution is 0.00578. The van der Waals surface area contributed by atoms with Crippen LogP contribution < -0.4 is 15.5 Å². The molecule has 0 unspecified atom stereocenters. The summed E-state index contributed by atoms with van der Waals surface area (Å²) >= 11 is 0. The first-order valence-corrected chi connectivity index (χ1v) is 10.4. The normalized spacial score (nSPS) is 22.2. The van der Waals surface area contributed by atoms with E-state index >= 15 is 0 Å². The fraction of sp³-hybridized carbons (Fsp3) is 0.647. The van der Waals surface area contributed by atoms with Crippen molar-refractivity contribution in [2.45, 2.75) is 57.8 Å². The largest absolute Gasteiger partial charge is 0.494 e. The summed E-state index contributed by atoms with van der Waals surface area (Å²) in [5.41, 5.74) is 0.627. The van der Waals surface area contributed by atoms with Gasteiger partial charge < -0.3 is 14.6 Å². The fourth-order valence-electron chi connectivity index (χ4n) is 2.60. The molecule has 1 aromatic rings. The van der Waals surface area contributed by atoms with Gasteiger partial charge in [-0.25, -0.2) is 8.42 Å². The van der Waals surface area contributed by atoms with E-state index in [-0.39, 0.29) is 5.75 Å². The second-order valence-electron chi connectivity index (χ2n) is 7.86. The van der Waals surface area contributed by atoms with Crippen molar-refractivity contribution in [1.82, 2.24) is 5.32 Å². The Morgan fingerprint density at radius 2 is 1.64 bits per heavy atom. The van der Waals surface area contributed by atoms with Gasteiger partial charge in [-0.2, -0.15) is 0 Å². The van der Waals surface area contributed by atoms with Gasteiger partial charge in [-0.3, -0.25) is 4.72 Å². The number of benzene rings is 1. The highest BCUT2D eigenvalue weighted by Crippen LogP contribution is 2.36. The van der Waals surface area contributed by atoms with Crippen molar-refractivity contribution in [1.29, 1.82) is 0 Å². The number of nitrogens with one attached hydrogen (secondary N) is 2. The van der Waals surface area contributed by atoms with Gasteiger partial charge in [-0.1, -0.05) is 12.1 Å². The standard InChI is InChI=1S/C17H27BN2O4S/c1-16(2)17(3,4)24-18(23-16)13-5-7-15(8-6-13)20-25(21,22)12-11-19-14-9-10-14/h5-8,14,19-20H,9-12H2,1-4H3. The minimum Gasteiger partial charge on any atom is -0.399 e. The third-order valence-corrected chi connectivity index (χ3v) is 6.38. The molecule has 2 N–H and O–H groups in total. The zero-order valence-electron chi connectivity index (χ0n) is 15.3. The predicted molar refractivity (Wildman–Crippen MR) is 101 cm³/mol. The van der Waals surface area contributed by atoms with Crippen LogP contribution in [-0.4, -0.2) is 45.1 Å². The number of rotatable bonds is 7. The summed E-state index contributed by atoms with van der Waals surface area (Å²) in [5.74, 6) is 0.0719. The Bertz CT molecular complexity index is 699. The van der Waals surface area contributed by atoms with E-state index in [2.05, 4.69) is 10.0 Å². The highest BCUT2D eigenvalue weighted by molar-refractivity contribution is 7.92. The Labute approximate surface area is 150 Å². The van der Waals surface area contributed by atoms with Crippen molar-refractivity contribution in [3.8, 4) is 0 Å². The lowest BCUT2D eigenvalue weighted by atomic mass is 9.79. The number of sulfonamides is 1. The molecule has 25 heavy (non-hydrogen) atoms. The van der Waals surface area contributed by atoms with Crippen molar-refractivity contribution >= 4 is 28.3 Å². The molecule has 1 saturated carbocycles. The first kappa shape index (κ1) is 18.7. The molecule has 0 amide bonds. The average Bonchev–Trinajstić information content (AvgIpc) is 3.26. The van der Waals surface area contributed by atoms with Gasteiger partial charge in [0.05, 0.1) is 17.0 Å². The number of hydrogen-bond acceptors (Lipinski definition) is 5. The van der Waals surface area contributed by atoms with E-state index in [0.717, 1.165) is 18.3 Å². The topological polar surface area (TPSA) is 76.7 Å².